The molecule has 50 valence electrons. The van der Waals surface area contributed by atoms with E-state index < -0.39 is 0 Å². The fraction of sp³-hybridized carbons (Fsp3) is 0.400. The molecular weight excluding hydrogens is 134 g/mol. The Morgan fingerprint density at radius 1 is 1.89 bits per heavy atom. The van der Waals surface area contributed by atoms with Crippen molar-refractivity contribution in [3.05, 3.63) is 11.8 Å². The summed E-state index contributed by atoms with van der Waals surface area (Å²) in [4.78, 5) is 0. The van der Waals surface area contributed by atoms with Gasteiger partial charge in [-0.3, -0.25) is 5.10 Å². The Hall–Kier alpha value is -0.640. The number of hydrogen-bond acceptors (Lipinski definition) is 3. The Morgan fingerprint density at radius 3 is 3.11 bits per heavy atom. The van der Waals surface area contributed by atoms with Crippen molar-refractivity contribution in [1.82, 2.24) is 10.2 Å². The van der Waals surface area contributed by atoms with E-state index in [4.69, 9.17) is 5.73 Å². The van der Waals surface area contributed by atoms with E-state index in [1.807, 2.05) is 12.3 Å². The lowest BCUT2D eigenvalue weighted by Crippen LogP contribution is -1.81. The summed E-state index contributed by atoms with van der Waals surface area (Å²) in [6.07, 6.45) is 2.04. The van der Waals surface area contributed by atoms with E-state index in [1.165, 1.54) is 0 Å². The SMILES string of the molecule is CSCc1cc(N)n[nH]1. The first-order valence-corrected chi connectivity index (χ1v) is 4.01. The van der Waals surface area contributed by atoms with Crippen LogP contribution in [0.3, 0.4) is 0 Å². The maximum Gasteiger partial charge on any atom is 0.145 e. The predicted molar refractivity (Wildman–Crippen MR) is 40.2 cm³/mol. The van der Waals surface area contributed by atoms with Crippen LogP contribution in [-0.2, 0) is 5.75 Å². The minimum Gasteiger partial charge on any atom is -0.382 e. The number of rotatable bonds is 2. The second-order valence-electron chi connectivity index (χ2n) is 1.75. The number of anilines is 1. The van der Waals surface area contributed by atoms with Crippen LogP contribution in [0, 0.1) is 0 Å². The van der Waals surface area contributed by atoms with E-state index in [9.17, 15) is 0 Å². The Morgan fingerprint density at radius 2 is 2.67 bits per heavy atom. The number of nitrogen functional groups attached to an aromatic ring is 1. The Labute approximate surface area is 58.0 Å². The van der Waals surface area contributed by atoms with Gasteiger partial charge in [0.25, 0.3) is 0 Å². The molecule has 0 radical (unpaired) electrons. The number of hydrogen-bond donors (Lipinski definition) is 2. The summed E-state index contributed by atoms with van der Waals surface area (Å²) in [5.41, 5.74) is 6.44. The molecule has 0 aliphatic rings. The highest BCUT2D eigenvalue weighted by Gasteiger charge is 1.93. The lowest BCUT2D eigenvalue weighted by molar-refractivity contribution is 1.04. The summed E-state index contributed by atoms with van der Waals surface area (Å²) in [6.45, 7) is 0. The van der Waals surface area contributed by atoms with Crippen molar-refractivity contribution in [2.45, 2.75) is 5.75 Å². The molecule has 0 spiro atoms. The van der Waals surface area contributed by atoms with E-state index >= 15 is 0 Å². The number of nitrogens with one attached hydrogen (secondary N) is 1. The van der Waals surface area contributed by atoms with E-state index in [0.29, 0.717) is 5.82 Å². The van der Waals surface area contributed by atoms with Crippen molar-refractivity contribution < 1.29 is 0 Å². The van der Waals surface area contributed by atoms with Crippen molar-refractivity contribution in [2.24, 2.45) is 0 Å². The molecule has 0 fully saturated rings. The smallest absolute Gasteiger partial charge is 0.145 e. The fourth-order valence-corrected chi connectivity index (χ4v) is 1.07. The summed E-state index contributed by atoms with van der Waals surface area (Å²) < 4.78 is 0. The molecule has 9 heavy (non-hydrogen) atoms. The maximum atomic E-state index is 5.36. The molecule has 0 saturated carbocycles. The summed E-state index contributed by atoms with van der Waals surface area (Å²) >= 11 is 1.74. The zero-order chi connectivity index (χ0) is 6.69. The van der Waals surface area contributed by atoms with Gasteiger partial charge in [-0.1, -0.05) is 0 Å². The minimum atomic E-state index is 0.569. The van der Waals surface area contributed by atoms with Crippen LogP contribution in [0.5, 0.6) is 0 Å². The summed E-state index contributed by atoms with van der Waals surface area (Å²) in [7, 11) is 0. The number of thioether (sulfide) groups is 1. The monoisotopic (exact) mass is 143 g/mol. The first kappa shape index (κ1) is 6.48. The van der Waals surface area contributed by atoms with Crippen molar-refractivity contribution in [1.29, 1.82) is 0 Å². The van der Waals surface area contributed by atoms with Gasteiger partial charge in [-0.15, -0.1) is 0 Å². The average molecular weight is 143 g/mol. The Balaban J connectivity index is 2.61. The summed E-state index contributed by atoms with van der Waals surface area (Å²) in [5, 5.41) is 6.59. The summed E-state index contributed by atoms with van der Waals surface area (Å²) in [5.74, 6) is 1.52. The maximum absolute atomic E-state index is 5.36. The van der Waals surface area contributed by atoms with Gasteiger partial charge in [0.15, 0.2) is 0 Å². The van der Waals surface area contributed by atoms with Gasteiger partial charge in [0.05, 0.1) is 0 Å². The van der Waals surface area contributed by atoms with Crippen LogP contribution in [0.25, 0.3) is 0 Å². The first-order valence-electron chi connectivity index (χ1n) is 2.61. The van der Waals surface area contributed by atoms with Crippen LogP contribution >= 0.6 is 11.8 Å². The second kappa shape index (κ2) is 2.77. The normalized spacial score (nSPS) is 9.89. The largest absolute Gasteiger partial charge is 0.382 e. The summed E-state index contributed by atoms with van der Waals surface area (Å²) in [6, 6.07) is 1.84. The molecule has 1 rings (SSSR count). The van der Waals surface area contributed by atoms with Crippen LogP contribution in [0.1, 0.15) is 5.69 Å². The lowest BCUT2D eigenvalue weighted by atomic mass is 10.5. The molecule has 0 bridgehead atoms. The van der Waals surface area contributed by atoms with Crippen molar-refractivity contribution in [3.8, 4) is 0 Å². The van der Waals surface area contributed by atoms with Gasteiger partial charge in [-0.05, 0) is 6.26 Å². The lowest BCUT2D eigenvalue weighted by Gasteiger charge is -1.86. The van der Waals surface area contributed by atoms with E-state index in [2.05, 4.69) is 10.2 Å². The molecule has 1 aromatic rings. The third-order valence-corrected chi connectivity index (χ3v) is 1.55. The van der Waals surface area contributed by atoms with Crippen LogP contribution in [0.4, 0.5) is 5.82 Å². The molecule has 0 aliphatic carbocycles. The van der Waals surface area contributed by atoms with Gasteiger partial charge >= 0.3 is 0 Å². The molecule has 0 aromatic carbocycles. The van der Waals surface area contributed by atoms with Crippen molar-refractivity contribution in [3.63, 3.8) is 0 Å². The number of aromatic amines is 1. The molecule has 0 saturated heterocycles. The Bertz CT molecular complexity index is 184. The molecule has 1 aromatic heterocycles. The topological polar surface area (TPSA) is 54.7 Å². The molecule has 3 nitrogen and oxygen atoms in total. The van der Waals surface area contributed by atoms with Crippen LogP contribution in [0.15, 0.2) is 6.07 Å². The van der Waals surface area contributed by atoms with Crippen LogP contribution in [-0.4, -0.2) is 16.5 Å². The van der Waals surface area contributed by atoms with Gasteiger partial charge < -0.3 is 5.73 Å². The molecule has 4 heteroatoms. The zero-order valence-electron chi connectivity index (χ0n) is 5.22. The van der Waals surface area contributed by atoms with Crippen molar-refractivity contribution >= 4 is 17.6 Å². The third-order valence-electron chi connectivity index (χ3n) is 0.951. The van der Waals surface area contributed by atoms with Gasteiger partial charge in [0.1, 0.15) is 5.82 Å². The number of nitrogens with two attached hydrogens (primary N) is 1. The van der Waals surface area contributed by atoms with Gasteiger partial charge in [0.2, 0.25) is 0 Å². The minimum absolute atomic E-state index is 0.569. The average Bonchev–Trinajstić information content (AvgIpc) is 2.17. The number of H-pyrrole nitrogens is 1. The third kappa shape index (κ3) is 1.64. The zero-order valence-corrected chi connectivity index (χ0v) is 6.03. The molecule has 0 amide bonds. The molecule has 0 atom stereocenters. The predicted octanol–water partition coefficient (Wildman–Crippen LogP) is 0.855. The molecule has 0 unspecified atom stereocenters. The molecular formula is C5H9N3S. The molecule has 3 N–H and O–H groups in total. The standard InChI is InChI=1S/C5H9N3S/c1-9-3-4-2-5(6)8-7-4/h2H,3H2,1H3,(H3,6,7,8). The highest BCUT2D eigenvalue weighted by molar-refractivity contribution is 7.97. The van der Waals surface area contributed by atoms with Gasteiger partial charge in [-0.2, -0.15) is 16.9 Å². The quantitative estimate of drug-likeness (QED) is 0.645. The highest BCUT2D eigenvalue weighted by Crippen LogP contribution is 2.07. The van der Waals surface area contributed by atoms with Crippen LogP contribution < -0.4 is 5.73 Å². The first-order chi connectivity index (χ1) is 4.33. The molecule has 0 aliphatic heterocycles. The number of aromatic nitrogens is 2. The highest BCUT2D eigenvalue weighted by atomic mass is 32.2. The molecule has 1 heterocycles. The van der Waals surface area contributed by atoms with E-state index in [1.54, 1.807) is 11.8 Å². The van der Waals surface area contributed by atoms with E-state index in [-0.39, 0.29) is 0 Å². The van der Waals surface area contributed by atoms with E-state index in [0.717, 1.165) is 11.4 Å². The van der Waals surface area contributed by atoms with Crippen molar-refractivity contribution in [2.75, 3.05) is 12.0 Å². The Kier molecular flexibility index (Phi) is 2.00. The van der Waals surface area contributed by atoms with Crippen LogP contribution in [0.2, 0.25) is 0 Å². The van der Waals surface area contributed by atoms with Gasteiger partial charge in [-0.25, -0.2) is 0 Å². The fourth-order valence-electron chi connectivity index (χ4n) is 0.609. The van der Waals surface area contributed by atoms with Gasteiger partial charge in [0, 0.05) is 17.5 Å². The second-order valence-corrected chi connectivity index (χ2v) is 2.62. The number of nitrogens with zero attached hydrogens (tertiary/aromatic N) is 1.